The second-order valence-electron chi connectivity index (χ2n) is 6.74. The number of carbonyl (C=O) groups excluding carboxylic acids is 1. The second-order valence-corrected chi connectivity index (χ2v) is 8.38. The molecule has 1 heterocycles. The van der Waals surface area contributed by atoms with E-state index < -0.39 is 0 Å². The van der Waals surface area contributed by atoms with Crippen LogP contribution in [0, 0.1) is 13.8 Å². The van der Waals surface area contributed by atoms with E-state index in [0.29, 0.717) is 18.7 Å². The number of benzene rings is 2. The first-order valence-electron chi connectivity index (χ1n) is 9.39. The number of halogens is 2. The normalized spacial score (nSPS) is 10.8. The Balaban J connectivity index is 1.50. The third-order valence-electron chi connectivity index (χ3n) is 4.55. The summed E-state index contributed by atoms with van der Waals surface area (Å²) < 4.78 is 9.75. The minimum atomic E-state index is -0.0812. The van der Waals surface area contributed by atoms with Crippen molar-refractivity contribution in [1.82, 2.24) is 15.1 Å². The van der Waals surface area contributed by atoms with E-state index in [0.717, 1.165) is 44.6 Å². The highest BCUT2D eigenvalue weighted by atomic mass is 79.9. The molecule has 0 fully saturated rings. The molecule has 0 aliphatic rings. The lowest BCUT2D eigenvalue weighted by atomic mass is 10.1. The van der Waals surface area contributed by atoms with Gasteiger partial charge < -0.3 is 10.1 Å². The zero-order valence-electron chi connectivity index (χ0n) is 16.4. The number of rotatable bonds is 8. The van der Waals surface area contributed by atoms with E-state index >= 15 is 0 Å². The molecule has 1 amide bonds. The Morgan fingerprint density at radius 1 is 1.14 bits per heavy atom. The maximum atomic E-state index is 12.5. The van der Waals surface area contributed by atoms with Crippen LogP contribution in [0.25, 0.3) is 0 Å². The van der Waals surface area contributed by atoms with Gasteiger partial charge in [-0.1, -0.05) is 24.3 Å². The molecule has 0 saturated heterocycles. The molecule has 152 valence electrons. The minimum Gasteiger partial charge on any atom is -0.488 e. The standard InChI is InChI=1S/C22H23Br2N3O2/c1-15-21(24)16(2)27(26-15)12-6-11-25-22(28)18-8-5-7-17(13-18)14-29-20-10-4-3-9-19(20)23/h3-5,7-10,13H,6,11-12,14H2,1-2H3,(H,25,28). The number of carbonyl (C=O) groups is 1. The lowest BCUT2D eigenvalue weighted by molar-refractivity contribution is 0.0952. The van der Waals surface area contributed by atoms with Crippen LogP contribution in [0.5, 0.6) is 5.75 Å². The van der Waals surface area contributed by atoms with Crippen LogP contribution in [0.3, 0.4) is 0 Å². The maximum Gasteiger partial charge on any atom is 0.251 e. The molecule has 0 unspecified atom stereocenters. The molecule has 0 radical (unpaired) electrons. The number of hydrogen-bond donors (Lipinski definition) is 1. The summed E-state index contributed by atoms with van der Waals surface area (Å²) in [5, 5.41) is 7.47. The number of aromatic nitrogens is 2. The summed E-state index contributed by atoms with van der Waals surface area (Å²) in [6.07, 6.45) is 0.810. The quantitative estimate of drug-likeness (QED) is 0.403. The van der Waals surface area contributed by atoms with E-state index in [1.54, 1.807) is 0 Å². The van der Waals surface area contributed by atoms with E-state index in [9.17, 15) is 4.79 Å². The lowest BCUT2D eigenvalue weighted by Crippen LogP contribution is -2.25. The lowest BCUT2D eigenvalue weighted by Gasteiger charge is -2.10. The first-order valence-corrected chi connectivity index (χ1v) is 11.0. The first-order chi connectivity index (χ1) is 14.0. The molecule has 1 N–H and O–H groups in total. The summed E-state index contributed by atoms with van der Waals surface area (Å²) >= 11 is 7.01. The molecule has 0 saturated carbocycles. The van der Waals surface area contributed by atoms with Crippen molar-refractivity contribution in [2.45, 2.75) is 33.4 Å². The Morgan fingerprint density at radius 2 is 1.93 bits per heavy atom. The third kappa shape index (κ3) is 5.70. The largest absolute Gasteiger partial charge is 0.488 e. The number of para-hydroxylation sites is 1. The molecule has 2 aromatic carbocycles. The summed E-state index contributed by atoms with van der Waals surface area (Å²) in [5.41, 5.74) is 3.66. The third-order valence-corrected chi connectivity index (χ3v) is 6.35. The van der Waals surface area contributed by atoms with Crippen molar-refractivity contribution in [3.05, 3.63) is 80.0 Å². The van der Waals surface area contributed by atoms with Crippen LogP contribution < -0.4 is 10.1 Å². The van der Waals surface area contributed by atoms with Gasteiger partial charge in [-0.3, -0.25) is 9.48 Å². The zero-order valence-corrected chi connectivity index (χ0v) is 19.6. The Bertz CT molecular complexity index is 1000. The molecular formula is C22H23Br2N3O2. The van der Waals surface area contributed by atoms with Crippen LogP contribution in [0.2, 0.25) is 0 Å². The van der Waals surface area contributed by atoms with Gasteiger partial charge in [0.15, 0.2) is 0 Å². The minimum absolute atomic E-state index is 0.0812. The van der Waals surface area contributed by atoms with Gasteiger partial charge in [-0.25, -0.2) is 0 Å². The van der Waals surface area contributed by atoms with Gasteiger partial charge in [0, 0.05) is 24.3 Å². The average Bonchev–Trinajstić information content (AvgIpc) is 2.97. The van der Waals surface area contributed by atoms with Gasteiger partial charge in [0.25, 0.3) is 5.91 Å². The highest BCUT2D eigenvalue weighted by Gasteiger charge is 2.09. The SMILES string of the molecule is Cc1nn(CCCNC(=O)c2cccc(COc3ccccc3Br)c2)c(C)c1Br. The Kier molecular flexibility index (Phi) is 7.50. The van der Waals surface area contributed by atoms with Gasteiger partial charge in [0.05, 0.1) is 14.6 Å². The molecule has 7 heteroatoms. The van der Waals surface area contributed by atoms with Gasteiger partial charge >= 0.3 is 0 Å². The number of ether oxygens (including phenoxy) is 1. The molecular weight excluding hydrogens is 498 g/mol. The Hall–Kier alpha value is -2.12. The molecule has 0 atom stereocenters. The number of aryl methyl sites for hydroxylation is 2. The van der Waals surface area contributed by atoms with Gasteiger partial charge in [0.1, 0.15) is 12.4 Å². The topological polar surface area (TPSA) is 56.2 Å². The van der Waals surface area contributed by atoms with Crippen molar-refractivity contribution in [3.8, 4) is 5.75 Å². The number of amides is 1. The van der Waals surface area contributed by atoms with E-state index in [2.05, 4.69) is 42.3 Å². The number of hydrogen-bond acceptors (Lipinski definition) is 3. The predicted molar refractivity (Wildman–Crippen MR) is 121 cm³/mol. The summed E-state index contributed by atoms with van der Waals surface area (Å²) in [6.45, 7) is 5.76. The van der Waals surface area contributed by atoms with Crippen LogP contribution in [0.15, 0.2) is 57.5 Å². The van der Waals surface area contributed by atoms with Gasteiger partial charge in [0.2, 0.25) is 0 Å². The molecule has 5 nitrogen and oxygen atoms in total. The second kappa shape index (κ2) is 10.1. The summed E-state index contributed by atoms with van der Waals surface area (Å²) in [7, 11) is 0. The first kappa shape index (κ1) is 21.6. The highest BCUT2D eigenvalue weighted by Crippen LogP contribution is 2.24. The molecule has 29 heavy (non-hydrogen) atoms. The molecule has 3 rings (SSSR count). The predicted octanol–water partition coefficient (Wildman–Crippen LogP) is 5.42. The van der Waals surface area contributed by atoms with Gasteiger partial charge in [-0.2, -0.15) is 5.10 Å². The summed E-state index contributed by atoms with van der Waals surface area (Å²) in [6, 6.07) is 15.2. The molecule has 3 aromatic rings. The van der Waals surface area contributed by atoms with Crippen molar-refractivity contribution in [1.29, 1.82) is 0 Å². The van der Waals surface area contributed by atoms with Crippen molar-refractivity contribution < 1.29 is 9.53 Å². The smallest absolute Gasteiger partial charge is 0.251 e. The number of nitrogens with one attached hydrogen (secondary N) is 1. The molecule has 0 aliphatic heterocycles. The van der Waals surface area contributed by atoms with Crippen molar-refractivity contribution in [2.75, 3.05) is 6.54 Å². The molecule has 0 aliphatic carbocycles. The molecule has 0 spiro atoms. The summed E-state index contributed by atoms with van der Waals surface area (Å²) in [4.78, 5) is 12.5. The van der Waals surface area contributed by atoms with Crippen molar-refractivity contribution in [2.24, 2.45) is 0 Å². The van der Waals surface area contributed by atoms with Crippen molar-refractivity contribution in [3.63, 3.8) is 0 Å². The molecule has 0 bridgehead atoms. The van der Waals surface area contributed by atoms with E-state index in [-0.39, 0.29) is 5.91 Å². The molecule has 1 aromatic heterocycles. The highest BCUT2D eigenvalue weighted by molar-refractivity contribution is 9.10. The van der Waals surface area contributed by atoms with Gasteiger partial charge in [-0.15, -0.1) is 0 Å². The zero-order chi connectivity index (χ0) is 20.8. The van der Waals surface area contributed by atoms with Crippen LogP contribution in [0.1, 0.15) is 33.7 Å². The van der Waals surface area contributed by atoms with E-state index in [1.165, 1.54) is 0 Å². The van der Waals surface area contributed by atoms with Crippen LogP contribution in [-0.4, -0.2) is 22.2 Å². The monoisotopic (exact) mass is 519 g/mol. The Labute approximate surface area is 187 Å². The van der Waals surface area contributed by atoms with E-state index in [1.807, 2.05) is 67.1 Å². The maximum absolute atomic E-state index is 12.5. The van der Waals surface area contributed by atoms with E-state index in [4.69, 9.17) is 4.74 Å². The fourth-order valence-corrected chi connectivity index (χ4v) is 3.63. The van der Waals surface area contributed by atoms with Crippen LogP contribution in [0.4, 0.5) is 0 Å². The van der Waals surface area contributed by atoms with Gasteiger partial charge in [-0.05, 0) is 82.0 Å². The number of nitrogens with zero attached hydrogens (tertiary/aromatic N) is 2. The fourth-order valence-electron chi connectivity index (χ4n) is 2.95. The van der Waals surface area contributed by atoms with Crippen LogP contribution in [-0.2, 0) is 13.2 Å². The Morgan fingerprint density at radius 3 is 2.66 bits per heavy atom. The fraction of sp³-hybridized carbons (Fsp3) is 0.273. The average molecular weight is 521 g/mol. The van der Waals surface area contributed by atoms with Crippen LogP contribution >= 0.6 is 31.9 Å². The van der Waals surface area contributed by atoms with Crippen molar-refractivity contribution >= 4 is 37.8 Å². The summed E-state index contributed by atoms with van der Waals surface area (Å²) in [5.74, 6) is 0.695.